The molecule has 0 amide bonds. The Labute approximate surface area is 171 Å². The summed E-state index contributed by atoms with van der Waals surface area (Å²) in [7, 11) is 1.98. The van der Waals surface area contributed by atoms with E-state index < -0.39 is 0 Å². The Balaban J connectivity index is 0.000000599. The largest absolute Gasteiger partial charge is 0.386 e. The summed E-state index contributed by atoms with van der Waals surface area (Å²) in [5.41, 5.74) is 6.61. The van der Waals surface area contributed by atoms with E-state index in [1.54, 1.807) is 0 Å². The van der Waals surface area contributed by atoms with Crippen molar-refractivity contribution in [3.63, 3.8) is 0 Å². The van der Waals surface area contributed by atoms with Gasteiger partial charge in [-0.3, -0.25) is 0 Å². The molecule has 4 rings (SSSR count). The number of hydrogen-bond acceptors (Lipinski definition) is 1. The van der Waals surface area contributed by atoms with Gasteiger partial charge in [0.05, 0.1) is 11.2 Å². The van der Waals surface area contributed by atoms with Crippen LogP contribution in [0.1, 0.15) is 49.3 Å². The minimum atomic E-state index is 0.515. The first-order valence-electron chi connectivity index (χ1n) is 10.1. The van der Waals surface area contributed by atoms with E-state index in [0.717, 1.165) is 5.92 Å². The number of nitrogens with one attached hydrogen (secondary N) is 2. The number of anilines is 1. The van der Waals surface area contributed by atoms with Crippen LogP contribution in [0.25, 0.3) is 10.9 Å². The van der Waals surface area contributed by atoms with E-state index in [9.17, 15) is 0 Å². The number of aromatic nitrogens is 1. The van der Waals surface area contributed by atoms with Gasteiger partial charge >= 0.3 is 0 Å². The summed E-state index contributed by atoms with van der Waals surface area (Å²) in [5, 5.41) is 4.63. The van der Waals surface area contributed by atoms with Crippen LogP contribution in [0, 0.1) is 12.8 Å². The Bertz CT molecular complexity index is 823. The maximum atomic E-state index is 3.49. The van der Waals surface area contributed by atoms with Crippen molar-refractivity contribution < 1.29 is 0 Å². The number of aromatic amines is 1. The predicted octanol–water partition coefficient (Wildman–Crippen LogP) is 7.69. The van der Waals surface area contributed by atoms with E-state index in [2.05, 4.69) is 92.2 Å². The molecule has 0 radical (unpaired) electrons. The number of hydrogen-bond donors (Lipinski definition) is 2. The second-order valence-corrected chi connectivity index (χ2v) is 6.45. The van der Waals surface area contributed by atoms with Gasteiger partial charge in [0.25, 0.3) is 0 Å². The minimum absolute atomic E-state index is 0.515. The topological polar surface area (TPSA) is 27.8 Å². The molecule has 2 aromatic carbocycles. The molecule has 2 nitrogen and oxygen atoms in total. The molecule has 150 valence electrons. The Morgan fingerprint density at radius 3 is 2.11 bits per heavy atom. The molecule has 1 fully saturated rings. The van der Waals surface area contributed by atoms with Crippen LogP contribution in [0.4, 0.5) is 5.69 Å². The highest BCUT2D eigenvalue weighted by Gasteiger charge is 2.34. The molecule has 1 aliphatic carbocycles. The van der Waals surface area contributed by atoms with Crippen LogP contribution in [0.5, 0.6) is 0 Å². The average molecular weight is 377 g/mol. The van der Waals surface area contributed by atoms with Gasteiger partial charge in [0, 0.05) is 24.5 Å². The first kappa shape index (κ1) is 23.3. The van der Waals surface area contributed by atoms with Crippen molar-refractivity contribution in [3.8, 4) is 0 Å². The van der Waals surface area contributed by atoms with Crippen LogP contribution < -0.4 is 5.32 Å². The summed E-state index contributed by atoms with van der Waals surface area (Å²) in [6, 6.07) is 15.6. The van der Waals surface area contributed by atoms with E-state index in [4.69, 9.17) is 0 Å². The van der Waals surface area contributed by atoms with E-state index in [1.807, 2.05) is 20.9 Å². The van der Waals surface area contributed by atoms with Gasteiger partial charge in [-0.05, 0) is 42.9 Å². The van der Waals surface area contributed by atoms with Crippen molar-refractivity contribution in [1.82, 2.24) is 4.98 Å². The Morgan fingerprint density at radius 2 is 1.57 bits per heavy atom. The summed E-state index contributed by atoms with van der Waals surface area (Å²) in [6.07, 6.45) is 4.90. The molecule has 0 saturated heterocycles. The van der Waals surface area contributed by atoms with Gasteiger partial charge in [0.1, 0.15) is 0 Å². The standard InChI is InChI=1S/C20H22N2.C2H6.2C2H4/c1-13-6-8-14(9-7-13)19(15-10-11-15)17-12-22-20-16(17)4-3-5-18(20)21-2;3*1-2/h3-9,12,15,19,21-22H,10-11H2,1-2H3;1-2H3;2*1-2H2. The molecule has 1 heterocycles. The van der Waals surface area contributed by atoms with Crippen molar-refractivity contribution in [1.29, 1.82) is 0 Å². The normalized spacial score (nSPS) is 13.0. The number of benzene rings is 2. The molecule has 3 aromatic rings. The zero-order valence-electron chi connectivity index (χ0n) is 18.0. The molecule has 1 saturated carbocycles. The van der Waals surface area contributed by atoms with Gasteiger partial charge < -0.3 is 10.3 Å². The highest BCUT2D eigenvalue weighted by Crippen LogP contribution is 2.48. The molecule has 0 bridgehead atoms. The third-order valence-corrected chi connectivity index (χ3v) is 4.88. The Hall–Kier alpha value is -2.74. The summed E-state index contributed by atoms with van der Waals surface area (Å²) in [5.74, 6) is 1.31. The smallest absolute Gasteiger partial charge is 0.0692 e. The maximum absolute atomic E-state index is 3.49. The molecule has 28 heavy (non-hydrogen) atoms. The van der Waals surface area contributed by atoms with Gasteiger partial charge in [-0.1, -0.05) is 55.8 Å². The van der Waals surface area contributed by atoms with Crippen LogP contribution in [0.2, 0.25) is 0 Å². The molecule has 1 aliphatic rings. The zero-order valence-corrected chi connectivity index (χ0v) is 18.0. The van der Waals surface area contributed by atoms with E-state index >= 15 is 0 Å². The van der Waals surface area contributed by atoms with E-state index in [0.29, 0.717) is 5.92 Å². The van der Waals surface area contributed by atoms with Crippen LogP contribution in [0.15, 0.2) is 75.0 Å². The second-order valence-electron chi connectivity index (χ2n) is 6.45. The summed E-state index contributed by atoms with van der Waals surface area (Å²) < 4.78 is 0. The molecule has 0 aliphatic heterocycles. The van der Waals surface area contributed by atoms with Crippen molar-refractivity contribution >= 4 is 16.6 Å². The van der Waals surface area contributed by atoms with Crippen LogP contribution in [-0.2, 0) is 0 Å². The molecule has 0 spiro atoms. The van der Waals surface area contributed by atoms with Gasteiger partial charge in [-0.2, -0.15) is 0 Å². The number of H-pyrrole nitrogens is 1. The molecule has 2 N–H and O–H groups in total. The Morgan fingerprint density at radius 1 is 0.964 bits per heavy atom. The summed E-state index contributed by atoms with van der Waals surface area (Å²) in [4.78, 5) is 3.49. The SMILES string of the molecule is C=C.C=C.CC.CNc1cccc2c(C(c3ccc(C)cc3)C3CC3)c[nH]c12. The van der Waals surface area contributed by atoms with Gasteiger partial charge in [0.2, 0.25) is 0 Å². The fourth-order valence-corrected chi connectivity index (χ4v) is 3.55. The third-order valence-electron chi connectivity index (χ3n) is 4.88. The zero-order chi connectivity index (χ0) is 21.1. The number of aryl methyl sites for hydroxylation is 1. The molecule has 1 aromatic heterocycles. The van der Waals surface area contributed by atoms with Crippen molar-refractivity contribution in [3.05, 3.63) is 91.7 Å². The molecule has 1 unspecified atom stereocenters. The fraction of sp³-hybridized carbons (Fsp3) is 0.308. The highest BCUT2D eigenvalue weighted by atomic mass is 14.9. The lowest BCUT2D eigenvalue weighted by atomic mass is 9.86. The molecule has 1 atom stereocenters. The summed E-state index contributed by atoms with van der Waals surface area (Å²) >= 11 is 0. The number of para-hydroxylation sites is 1. The maximum Gasteiger partial charge on any atom is 0.0692 e. The van der Waals surface area contributed by atoms with Gasteiger partial charge in [0.15, 0.2) is 0 Å². The fourth-order valence-electron chi connectivity index (χ4n) is 3.55. The number of fused-ring (bicyclic) bond motifs is 1. The van der Waals surface area contributed by atoms with Crippen LogP contribution >= 0.6 is 0 Å². The predicted molar refractivity (Wildman–Crippen MR) is 127 cm³/mol. The minimum Gasteiger partial charge on any atom is -0.386 e. The van der Waals surface area contributed by atoms with Crippen molar-refractivity contribution in [2.24, 2.45) is 5.92 Å². The lowest BCUT2D eigenvalue weighted by Gasteiger charge is -2.17. The average Bonchev–Trinajstić information content (AvgIpc) is 3.52. The lowest BCUT2D eigenvalue weighted by Crippen LogP contribution is -2.03. The number of rotatable bonds is 4. The van der Waals surface area contributed by atoms with E-state index in [-0.39, 0.29) is 0 Å². The first-order chi connectivity index (χ1) is 13.8. The molecular weight excluding hydrogens is 340 g/mol. The second kappa shape index (κ2) is 11.9. The first-order valence-corrected chi connectivity index (χ1v) is 10.1. The van der Waals surface area contributed by atoms with Crippen LogP contribution in [-0.4, -0.2) is 12.0 Å². The van der Waals surface area contributed by atoms with E-state index in [1.165, 1.54) is 46.1 Å². The van der Waals surface area contributed by atoms with Crippen molar-refractivity contribution in [2.75, 3.05) is 12.4 Å². The van der Waals surface area contributed by atoms with Crippen LogP contribution in [0.3, 0.4) is 0 Å². The highest BCUT2D eigenvalue weighted by molar-refractivity contribution is 5.94. The quantitative estimate of drug-likeness (QED) is 0.449. The van der Waals surface area contributed by atoms with Gasteiger partial charge in [-0.25, -0.2) is 0 Å². The third kappa shape index (κ3) is 5.16. The van der Waals surface area contributed by atoms with Gasteiger partial charge in [-0.15, -0.1) is 26.3 Å². The Kier molecular flexibility index (Phi) is 9.87. The molecule has 2 heteroatoms. The lowest BCUT2D eigenvalue weighted by molar-refractivity contribution is 0.709. The summed E-state index contributed by atoms with van der Waals surface area (Å²) in [6.45, 7) is 18.2. The monoisotopic (exact) mass is 376 g/mol. The molecular formula is C26H36N2. The van der Waals surface area contributed by atoms with Crippen molar-refractivity contribution in [2.45, 2.75) is 39.5 Å².